The molecule has 1 aliphatic rings. The number of rotatable bonds is 4. The lowest BCUT2D eigenvalue weighted by Gasteiger charge is -2.01. The molecule has 0 saturated carbocycles. The number of fused-ring (bicyclic) bond motifs is 1. The Morgan fingerprint density at radius 3 is 3.05 bits per heavy atom. The summed E-state index contributed by atoms with van der Waals surface area (Å²) in [5.74, 6) is 0. The average molecular weight is 279 g/mol. The normalized spacial score (nSPS) is 13.5. The summed E-state index contributed by atoms with van der Waals surface area (Å²) >= 11 is 0. The molecule has 5 heteroatoms. The fraction of sp³-hybridized carbons (Fsp3) is 0.312. The average Bonchev–Trinajstić information content (AvgIpc) is 3.25. The molecule has 0 radical (unpaired) electrons. The van der Waals surface area contributed by atoms with E-state index in [0.717, 1.165) is 18.7 Å². The highest BCUT2D eigenvalue weighted by Gasteiger charge is 2.12. The monoisotopic (exact) mass is 279 g/mol. The predicted octanol–water partition coefficient (Wildman–Crippen LogP) is 2.40. The van der Waals surface area contributed by atoms with Crippen LogP contribution >= 0.6 is 0 Å². The van der Waals surface area contributed by atoms with E-state index in [4.69, 9.17) is 0 Å². The highest BCUT2D eigenvalue weighted by Crippen LogP contribution is 2.26. The van der Waals surface area contributed by atoms with E-state index in [1.54, 1.807) is 0 Å². The Morgan fingerprint density at radius 2 is 2.14 bits per heavy atom. The van der Waals surface area contributed by atoms with Crippen molar-refractivity contribution in [1.29, 1.82) is 0 Å². The molecule has 3 aromatic rings. The lowest BCUT2D eigenvalue weighted by Crippen LogP contribution is -2.01. The van der Waals surface area contributed by atoms with E-state index in [-0.39, 0.29) is 0 Å². The van der Waals surface area contributed by atoms with Crippen LogP contribution in [0.3, 0.4) is 0 Å². The number of nitrogens with zero attached hydrogens (tertiary/aromatic N) is 4. The number of aromatic amines is 1. The Kier molecular flexibility index (Phi) is 3.03. The van der Waals surface area contributed by atoms with Crippen LogP contribution < -0.4 is 0 Å². The Morgan fingerprint density at radius 1 is 1.19 bits per heavy atom. The first-order chi connectivity index (χ1) is 10.4. The number of hydrogen-bond acceptors (Lipinski definition) is 3. The molecule has 2 heterocycles. The molecule has 1 aromatic carbocycles. The SMILES string of the molecule is c1n[nH]cc1CCn1cc(-c2ccc3c(c2)CCC3)nn1. The van der Waals surface area contributed by atoms with Crippen molar-refractivity contribution in [3.63, 3.8) is 0 Å². The highest BCUT2D eigenvalue weighted by atomic mass is 15.4. The largest absolute Gasteiger partial charge is 0.285 e. The van der Waals surface area contributed by atoms with Gasteiger partial charge in [-0.3, -0.25) is 9.78 Å². The van der Waals surface area contributed by atoms with Gasteiger partial charge >= 0.3 is 0 Å². The number of aryl methyl sites for hydroxylation is 4. The van der Waals surface area contributed by atoms with Gasteiger partial charge in [0, 0.05) is 18.3 Å². The Hall–Kier alpha value is -2.43. The van der Waals surface area contributed by atoms with Crippen LogP contribution in [0.2, 0.25) is 0 Å². The topological polar surface area (TPSA) is 59.4 Å². The van der Waals surface area contributed by atoms with Crippen molar-refractivity contribution in [1.82, 2.24) is 25.2 Å². The van der Waals surface area contributed by atoms with Crippen LogP contribution in [0.5, 0.6) is 0 Å². The molecule has 1 aliphatic carbocycles. The number of hydrogen-bond donors (Lipinski definition) is 1. The van der Waals surface area contributed by atoms with Crippen molar-refractivity contribution < 1.29 is 0 Å². The molecule has 2 aromatic heterocycles. The number of nitrogens with one attached hydrogen (secondary N) is 1. The second-order valence-electron chi connectivity index (χ2n) is 5.56. The van der Waals surface area contributed by atoms with E-state index < -0.39 is 0 Å². The summed E-state index contributed by atoms with van der Waals surface area (Å²) in [5.41, 5.74) is 6.28. The summed E-state index contributed by atoms with van der Waals surface area (Å²) in [4.78, 5) is 0. The van der Waals surface area contributed by atoms with Crippen LogP contribution in [0.1, 0.15) is 23.1 Å². The van der Waals surface area contributed by atoms with Gasteiger partial charge in [0.05, 0.1) is 12.4 Å². The van der Waals surface area contributed by atoms with Gasteiger partial charge in [0.2, 0.25) is 0 Å². The van der Waals surface area contributed by atoms with Crippen LogP contribution in [0.4, 0.5) is 0 Å². The summed E-state index contributed by atoms with van der Waals surface area (Å²) in [5, 5.41) is 15.3. The molecule has 1 N–H and O–H groups in total. The molecule has 5 nitrogen and oxygen atoms in total. The zero-order valence-corrected chi connectivity index (χ0v) is 11.8. The van der Waals surface area contributed by atoms with E-state index in [1.165, 1.54) is 41.5 Å². The van der Waals surface area contributed by atoms with Crippen molar-refractivity contribution in [2.45, 2.75) is 32.2 Å². The molecule has 0 saturated heterocycles. The number of H-pyrrole nitrogens is 1. The van der Waals surface area contributed by atoms with Crippen molar-refractivity contribution in [3.8, 4) is 11.3 Å². The summed E-state index contributed by atoms with van der Waals surface area (Å²) < 4.78 is 1.90. The summed E-state index contributed by atoms with van der Waals surface area (Å²) in [6, 6.07) is 6.67. The van der Waals surface area contributed by atoms with Gasteiger partial charge < -0.3 is 0 Å². The Labute approximate surface area is 123 Å². The Bertz CT molecular complexity index is 742. The van der Waals surface area contributed by atoms with Gasteiger partial charge in [0.1, 0.15) is 5.69 Å². The summed E-state index contributed by atoms with van der Waals surface area (Å²) in [6.07, 6.45) is 10.4. The van der Waals surface area contributed by atoms with Gasteiger partial charge in [-0.25, -0.2) is 0 Å². The smallest absolute Gasteiger partial charge is 0.113 e. The quantitative estimate of drug-likeness (QED) is 0.797. The molecule has 0 aliphatic heterocycles. The van der Waals surface area contributed by atoms with Gasteiger partial charge in [0.25, 0.3) is 0 Å². The van der Waals surface area contributed by atoms with Gasteiger partial charge in [-0.15, -0.1) is 5.10 Å². The molecule has 0 unspecified atom stereocenters. The van der Waals surface area contributed by atoms with E-state index >= 15 is 0 Å². The van der Waals surface area contributed by atoms with Gasteiger partial charge in [0.15, 0.2) is 0 Å². The minimum absolute atomic E-state index is 0.817. The Balaban J connectivity index is 1.51. The molecule has 0 spiro atoms. The zero-order chi connectivity index (χ0) is 14.1. The third kappa shape index (κ3) is 2.46. The maximum absolute atomic E-state index is 4.30. The third-order valence-corrected chi connectivity index (χ3v) is 4.12. The minimum Gasteiger partial charge on any atom is -0.285 e. The molecular weight excluding hydrogens is 262 g/mol. The van der Waals surface area contributed by atoms with Crippen LogP contribution in [0.15, 0.2) is 36.8 Å². The van der Waals surface area contributed by atoms with E-state index in [0.29, 0.717) is 0 Å². The van der Waals surface area contributed by atoms with Crippen LogP contribution in [-0.4, -0.2) is 25.2 Å². The van der Waals surface area contributed by atoms with Crippen LogP contribution in [0, 0.1) is 0 Å². The van der Waals surface area contributed by atoms with Gasteiger partial charge in [-0.2, -0.15) is 5.10 Å². The van der Waals surface area contributed by atoms with Gasteiger partial charge in [-0.1, -0.05) is 17.3 Å². The van der Waals surface area contributed by atoms with Crippen molar-refractivity contribution in [2.24, 2.45) is 0 Å². The highest BCUT2D eigenvalue weighted by molar-refractivity contribution is 5.60. The standard InChI is InChI=1S/C16H17N5/c1-2-13-4-5-15(8-14(13)3-1)16-11-21(20-19-16)7-6-12-9-17-18-10-12/h4-5,8-11H,1-3,6-7H2,(H,17,18). The second-order valence-corrected chi connectivity index (χ2v) is 5.56. The minimum atomic E-state index is 0.817. The van der Waals surface area contributed by atoms with E-state index in [1.807, 2.05) is 23.3 Å². The fourth-order valence-electron chi connectivity index (χ4n) is 2.93. The first-order valence-electron chi connectivity index (χ1n) is 7.38. The third-order valence-electron chi connectivity index (χ3n) is 4.12. The predicted molar refractivity (Wildman–Crippen MR) is 79.8 cm³/mol. The molecule has 106 valence electrons. The van der Waals surface area contributed by atoms with Crippen molar-refractivity contribution in [3.05, 3.63) is 53.5 Å². The summed E-state index contributed by atoms with van der Waals surface area (Å²) in [6.45, 7) is 0.817. The maximum atomic E-state index is 4.30. The molecular formula is C16H17N5. The van der Waals surface area contributed by atoms with E-state index in [9.17, 15) is 0 Å². The molecule has 4 rings (SSSR count). The second kappa shape index (κ2) is 5.16. The molecule has 21 heavy (non-hydrogen) atoms. The fourth-order valence-corrected chi connectivity index (χ4v) is 2.93. The van der Waals surface area contributed by atoms with Gasteiger partial charge in [-0.05, 0) is 48.4 Å². The first-order valence-corrected chi connectivity index (χ1v) is 7.38. The van der Waals surface area contributed by atoms with Crippen molar-refractivity contribution in [2.75, 3.05) is 0 Å². The molecule has 0 fully saturated rings. The maximum Gasteiger partial charge on any atom is 0.113 e. The summed E-state index contributed by atoms with van der Waals surface area (Å²) in [7, 11) is 0. The van der Waals surface area contributed by atoms with E-state index in [2.05, 4.69) is 38.7 Å². The molecule has 0 atom stereocenters. The van der Waals surface area contributed by atoms with Crippen LogP contribution in [-0.2, 0) is 25.8 Å². The zero-order valence-electron chi connectivity index (χ0n) is 11.8. The van der Waals surface area contributed by atoms with Crippen molar-refractivity contribution >= 4 is 0 Å². The molecule has 0 bridgehead atoms. The number of aromatic nitrogens is 5. The lowest BCUT2D eigenvalue weighted by atomic mass is 10.0. The molecule has 0 amide bonds. The first kappa shape index (κ1) is 12.3. The number of benzene rings is 1. The lowest BCUT2D eigenvalue weighted by molar-refractivity contribution is 0.589. The van der Waals surface area contributed by atoms with Crippen LogP contribution in [0.25, 0.3) is 11.3 Å².